The van der Waals surface area contributed by atoms with Crippen molar-refractivity contribution in [2.75, 3.05) is 7.05 Å². The zero-order chi connectivity index (χ0) is 6.57. The summed E-state index contributed by atoms with van der Waals surface area (Å²) in [5.74, 6) is -1.84. The molecule has 0 spiro atoms. The first-order valence-electron chi connectivity index (χ1n) is 2.00. The molecule has 0 bridgehead atoms. The Kier molecular flexibility index (Phi) is 2.79. The second-order valence-corrected chi connectivity index (χ2v) is 1.11. The molecule has 4 heteroatoms. The van der Waals surface area contributed by atoms with Gasteiger partial charge in [-0.05, 0) is 0 Å². The van der Waals surface area contributed by atoms with Gasteiger partial charge >= 0.3 is 0 Å². The standard InChI is InChI=1S/C4H7FN2O/c1-3(5)4(8)7-6-2/h6H,1H2,2H3,(H,7,8). The van der Waals surface area contributed by atoms with Crippen LogP contribution in [0.4, 0.5) is 4.39 Å². The van der Waals surface area contributed by atoms with Gasteiger partial charge in [-0.2, -0.15) is 0 Å². The van der Waals surface area contributed by atoms with Crippen LogP contribution in [0.15, 0.2) is 12.4 Å². The normalized spacial score (nSPS) is 8.25. The van der Waals surface area contributed by atoms with Crippen LogP contribution in [0.2, 0.25) is 0 Å². The number of carbonyl (C=O) groups is 1. The Morgan fingerprint density at radius 2 is 2.25 bits per heavy atom. The monoisotopic (exact) mass is 118 g/mol. The first kappa shape index (κ1) is 7.10. The van der Waals surface area contributed by atoms with Gasteiger partial charge < -0.3 is 0 Å². The molecule has 46 valence electrons. The number of nitrogens with one attached hydrogen (secondary N) is 2. The molecule has 0 saturated heterocycles. The minimum Gasteiger partial charge on any atom is -0.286 e. The maximum atomic E-state index is 11.6. The van der Waals surface area contributed by atoms with Crippen molar-refractivity contribution in [3.63, 3.8) is 0 Å². The molecule has 3 nitrogen and oxygen atoms in total. The van der Waals surface area contributed by atoms with Gasteiger partial charge in [0.1, 0.15) is 0 Å². The minimum absolute atomic E-state index is 0.840. The summed E-state index contributed by atoms with van der Waals surface area (Å²) in [7, 11) is 1.46. The number of hydrogen-bond donors (Lipinski definition) is 2. The predicted molar refractivity (Wildman–Crippen MR) is 27.5 cm³/mol. The fraction of sp³-hybridized carbons (Fsp3) is 0.250. The van der Waals surface area contributed by atoms with E-state index in [1.54, 1.807) is 0 Å². The Morgan fingerprint density at radius 1 is 1.75 bits per heavy atom. The molecule has 0 radical (unpaired) electrons. The first-order chi connectivity index (χ1) is 3.68. The quantitative estimate of drug-likeness (QED) is 0.387. The van der Waals surface area contributed by atoms with Gasteiger partial charge in [0.25, 0.3) is 5.91 Å². The summed E-state index contributed by atoms with van der Waals surface area (Å²) in [5.41, 5.74) is 4.23. The van der Waals surface area contributed by atoms with Crippen LogP contribution in [0.25, 0.3) is 0 Å². The van der Waals surface area contributed by atoms with Gasteiger partial charge in [-0.3, -0.25) is 10.2 Å². The third-order valence-electron chi connectivity index (χ3n) is 0.485. The van der Waals surface area contributed by atoms with Crippen molar-refractivity contribution < 1.29 is 9.18 Å². The highest BCUT2D eigenvalue weighted by molar-refractivity contribution is 5.89. The number of rotatable bonds is 2. The SMILES string of the molecule is C=C(F)C(=O)NNC. The van der Waals surface area contributed by atoms with Gasteiger partial charge in [0.2, 0.25) is 0 Å². The van der Waals surface area contributed by atoms with Gasteiger partial charge in [-0.15, -0.1) is 0 Å². The van der Waals surface area contributed by atoms with Crippen LogP contribution in [0.3, 0.4) is 0 Å². The van der Waals surface area contributed by atoms with E-state index in [1.165, 1.54) is 7.05 Å². The number of hydrazine groups is 1. The highest BCUT2D eigenvalue weighted by Gasteiger charge is 2.00. The van der Waals surface area contributed by atoms with Crippen molar-refractivity contribution in [2.45, 2.75) is 0 Å². The van der Waals surface area contributed by atoms with E-state index < -0.39 is 11.7 Å². The summed E-state index contributed by atoms with van der Waals surface area (Å²) in [4.78, 5) is 10.1. The highest BCUT2D eigenvalue weighted by atomic mass is 19.1. The van der Waals surface area contributed by atoms with Gasteiger partial charge in [0.15, 0.2) is 5.83 Å². The molecule has 8 heavy (non-hydrogen) atoms. The number of halogens is 1. The predicted octanol–water partition coefficient (Wildman–Crippen LogP) is -0.280. The fourth-order valence-corrected chi connectivity index (χ4v) is 0.181. The maximum Gasteiger partial charge on any atom is 0.293 e. The Hall–Kier alpha value is -0.900. The van der Waals surface area contributed by atoms with Gasteiger partial charge in [0, 0.05) is 7.05 Å². The molecule has 0 aromatic rings. The van der Waals surface area contributed by atoms with E-state index in [4.69, 9.17) is 0 Å². The summed E-state index contributed by atoms with van der Waals surface area (Å²) in [6, 6.07) is 0. The highest BCUT2D eigenvalue weighted by Crippen LogP contribution is 1.86. The van der Waals surface area contributed by atoms with Crippen LogP contribution in [0, 0.1) is 0 Å². The molecule has 0 fully saturated rings. The molecule has 0 saturated carbocycles. The van der Waals surface area contributed by atoms with Crippen LogP contribution in [0.1, 0.15) is 0 Å². The first-order valence-corrected chi connectivity index (χ1v) is 2.00. The molecule has 0 aliphatic carbocycles. The molecule has 0 aliphatic rings. The van der Waals surface area contributed by atoms with Crippen molar-refractivity contribution >= 4 is 5.91 Å². The smallest absolute Gasteiger partial charge is 0.286 e. The average Bonchev–Trinajstić information content (AvgIpc) is 1.67. The summed E-state index contributed by atoms with van der Waals surface area (Å²) >= 11 is 0. The third kappa shape index (κ3) is 2.30. The second kappa shape index (κ2) is 3.15. The average molecular weight is 118 g/mol. The van der Waals surface area contributed by atoms with E-state index in [0.29, 0.717) is 0 Å². The molecule has 0 atom stereocenters. The molecular weight excluding hydrogens is 111 g/mol. The topological polar surface area (TPSA) is 41.1 Å². The van der Waals surface area contributed by atoms with Crippen molar-refractivity contribution in [1.82, 2.24) is 10.9 Å². The van der Waals surface area contributed by atoms with E-state index >= 15 is 0 Å². The molecule has 0 aromatic carbocycles. The fourth-order valence-electron chi connectivity index (χ4n) is 0.181. The van der Waals surface area contributed by atoms with E-state index in [1.807, 2.05) is 5.43 Å². The summed E-state index contributed by atoms with van der Waals surface area (Å²) < 4.78 is 11.6. The van der Waals surface area contributed by atoms with Crippen LogP contribution in [-0.4, -0.2) is 13.0 Å². The molecule has 0 aromatic heterocycles. The lowest BCUT2D eigenvalue weighted by Gasteiger charge is -1.96. The molecule has 0 aliphatic heterocycles. The minimum atomic E-state index is -1.00. The Balaban J connectivity index is 3.49. The lowest BCUT2D eigenvalue weighted by molar-refractivity contribution is -0.119. The number of amides is 1. The molecule has 0 heterocycles. The molecule has 0 rings (SSSR count). The van der Waals surface area contributed by atoms with Gasteiger partial charge in [-0.1, -0.05) is 6.58 Å². The van der Waals surface area contributed by atoms with Crippen molar-refractivity contribution in [3.05, 3.63) is 12.4 Å². The van der Waals surface area contributed by atoms with E-state index in [9.17, 15) is 9.18 Å². The second-order valence-electron chi connectivity index (χ2n) is 1.11. The van der Waals surface area contributed by atoms with E-state index in [0.717, 1.165) is 0 Å². The third-order valence-corrected chi connectivity index (χ3v) is 0.485. The number of carbonyl (C=O) groups excluding carboxylic acids is 1. The van der Waals surface area contributed by atoms with Crippen molar-refractivity contribution in [3.8, 4) is 0 Å². The van der Waals surface area contributed by atoms with Crippen LogP contribution in [0.5, 0.6) is 0 Å². The van der Waals surface area contributed by atoms with Crippen molar-refractivity contribution in [1.29, 1.82) is 0 Å². The number of hydrogen-bond acceptors (Lipinski definition) is 2. The molecular formula is C4H7FN2O. The summed E-state index contributed by atoms with van der Waals surface area (Å²) in [5, 5.41) is 0. The Labute approximate surface area is 46.5 Å². The van der Waals surface area contributed by atoms with E-state index in [2.05, 4.69) is 12.0 Å². The molecule has 0 unspecified atom stereocenters. The maximum absolute atomic E-state index is 11.6. The lowest BCUT2D eigenvalue weighted by Crippen LogP contribution is -2.34. The van der Waals surface area contributed by atoms with Gasteiger partial charge in [-0.25, -0.2) is 9.82 Å². The van der Waals surface area contributed by atoms with Crippen molar-refractivity contribution in [2.24, 2.45) is 0 Å². The largest absolute Gasteiger partial charge is 0.293 e. The van der Waals surface area contributed by atoms with Crippen LogP contribution >= 0.6 is 0 Å². The molecule has 2 N–H and O–H groups in total. The Bertz CT molecular complexity index is 113. The summed E-state index contributed by atoms with van der Waals surface area (Å²) in [6.45, 7) is 2.75. The van der Waals surface area contributed by atoms with Crippen LogP contribution < -0.4 is 10.9 Å². The van der Waals surface area contributed by atoms with Gasteiger partial charge in [0.05, 0.1) is 0 Å². The molecule has 1 amide bonds. The van der Waals surface area contributed by atoms with E-state index in [-0.39, 0.29) is 0 Å². The summed E-state index contributed by atoms with van der Waals surface area (Å²) in [6.07, 6.45) is 0. The zero-order valence-electron chi connectivity index (χ0n) is 4.49. The van der Waals surface area contributed by atoms with Crippen LogP contribution in [-0.2, 0) is 4.79 Å². The lowest BCUT2D eigenvalue weighted by atomic mass is 10.6. The zero-order valence-corrected chi connectivity index (χ0v) is 4.49. The Morgan fingerprint density at radius 3 is 2.38 bits per heavy atom.